The fourth-order valence-corrected chi connectivity index (χ4v) is 2.20. The number of rotatable bonds is 6. The first-order valence-corrected chi connectivity index (χ1v) is 7.45. The Morgan fingerprint density at radius 1 is 1.24 bits per heavy atom. The number of aryl methyl sites for hydroxylation is 1. The van der Waals surface area contributed by atoms with Crippen LogP contribution in [0.4, 0.5) is 5.95 Å². The van der Waals surface area contributed by atoms with Crippen molar-refractivity contribution in [2.75, 3.05) is 11.9 Å². The van der Waals surface area contributed by atoms with Crippen LogP contribution in [-0.2, 0) is 0 Å². The highest BCUT2D eigenvalue weighted by molar-refractivity contribution is 5.38. The summed E-state index contributed by atoms with van der Waals surface area (Å²) in [6, 6.07) is 7.93. The third-order valence-corrected chi connectivity index (χ3v) is 3.25. The molecule has 0 amide bonds. The Kier molecular flexibility index (Phi) is 5.14. The minimum Gasteiger partial charge on any atom is -0.439 e. The van der Waals surface area contributed by atoms with Crippen molar-refractivity contribution in [2.45, 2.75) is 40.0 Å². The molecule has 0 saturated carbocycles. The van der Waals surface area contributed by atoms with Crippen molar-refractivity contribution in [3.63, 3.8) is 0 Å². The molecule has 0 aliphatic heterocycles. The predicted octanol–water partition coefficient (Wildman–Crippen LogP) is 4.52. The van der Waals surface area contributed by atoms with Crippen LogP contribution in [0.3, 0.4) is 0 Å². The fraction of sp³-hybridized carbons (Fsp3) is 0.412. The Balaban J connectivity index is 2.12. The number of hydrogen-bond donors (Lipinski definition) is 1. The average Bonchev–Trinajstić information content (AvgIpc) is 2.45. The lowest BCUT2D eigenvalue weighted by atomic mass is 9.98. The number of nitrogens with one attached hydrogen (secondary N) is 1. The minimum absolute atomic E-state index is 0.517. The molecule has 2 rings (SSSR count). The second-order valence-corrected chi connectivity index (χ2v) is 5.42. The maximum Gasteiger partial charge on any atom is 0.225 e. The van der Waals surface area contributed by atoms with Crippen molar-refractivity contribution >= 4 is 5.95 Å². The molecule has 0 aliphatic rings. The molecular weight excluding hydrogens is 262 g/mol. The van der Waals surface area contributed by atoms with Gasteiger partial charge in [-0.3, -0.25) is 0 Å². The van der Waals surface area contributed by atoms with Crippen LogP contribution in [0.1, 0.15) is 44.2 Å². The summed E-state index contributed by atoms with van der Waals surface area (Å²) in [6.07, 6.45) is 2.74. The summed E-state index contributed by atoms with van der Waals surface area (Å²) in [5, 5.41) is 3.15. The van der Waals surface area contributed by atoms with Crippen molar-refractivity contribution in [3.05, 3.63) is 41.6 Å². The number of anilines is 1. The Hall–Kier alpha value is -2.10. The van der Waals surface area contributed by atoms with Crippen LogP contribution in [0.2, 0.25) is 0 Å². The van der Waals surface area contributed by atoms with E-state index in [1.54, 1.807) is 12.3 Å². The molecule has 1 N–H and O–H groups in total. The summed E-state index contributed by atoms with van der Waals surface area (Å²) in [6.45, 7) is 9.45. The number of hydrogen-bond acceptors (Lipinski definition) is 4. The van der Waals surface area contributed by atoms with Crippen LogP contribution >= 0.6 is 0 Å². The zero-order valence-electron chi connectivity index (χ0n) is 13.2. The molecule has 21 heavy (non-hydrogen) atoms. The van der Waals surface area contributed by atoms with Crippen molar-refractivity contribution < 1.29 is 4.74 Å². The molecule has 0 unspecified atom stereocenters. The topological polar surface area (TPSA) is 47.0 Å². The summed E-state index contributed by atoms with van der Waals surface area (Å²) in [5.74, 6) is 2.48. The highest BCUT2D eigenvalue weighted by atomic mass is 16.5. The Morgan fingerprint density at radius 3 is 2.71 bits per heavy atom. The van der Waals surface area contributed by atoms with Crippen LogP contribution in [0.5, 0.6) is 11.6 Å². The molecule has 0 atom stereocenters. The zero-order valence-corrected chi connectivity index (χ0v) is 13.2. The molecule has 1 aromatic heterocycles. The third kappa shape index (κ3) is 4.18. The van der Waals surface area contributed by atoms with Crippen molar-refractivity contribution in [3.8, 4) is 11.6 Å². The van der Waals surface area contributed by atoms with Gasteiger partial charge in [0.25, 0.3) is 0 Å². The van der Waals surface area contributed by atoms with Gasteiger partial charge in [-0.15, -0.1) is 0 Å². The van der Waals surface area contributed by atoms with Gasteiger partial charge in [0.05, 0.1) is 0 Å². The van der Waals surface area contributed by atoms with Gasteiger partial charge < -0.3 is 10.1 Å². The van der Waals surface area contributed by atoms with Gasteiger partial charge in [0, 0.05) is 18.8 Å². The summed E-state index contributed by atoms with van der Waals surface area (Å²) in [7, 11) is 0. The normalized spacial score (nSPS) is 10.7. The Bertz CT molecular complexity index is 596. The largest absolute Gasteiger partial charge is 0.439 e. The molecule has 1 heterocycles. The van der Waals surface area contributed by atoms with E-state index >= 15 is 0 Å². The predicted molar refractivity (Wildman–Crippen MR) is 86.2 cm³/mol. The van der Waals surface area contributed by atoms with Crippen molar-refractivity contribution in [1.82, 2.24) is 9.97 Å². The highest BCUT2D eigenvalue weighted by Crippen LogP contribution is 2.26. The van der Waals surface area contributed by atoms with Gasteiger partial charge >= 0.3 is 0 Å². The van der Waals surface area contributed by atoms with E-state index in [1.807, 2.05) is 6.07 Å². The summed E-state index contributed by atoms with van der Waals surface area (Å²) in [5.41, 5.74) is 2.58. The molecule has 0 saturated heterocycles. The lowest BCUT2D eigenvalue weighted by Crippen LogP contribution is -2.04. The van der Waals surface area contributed by atoms with E-state index in [1.165, 1.54) is 11.1 Å². The minimum atomic E-state index is 0.517. The van der Waals surface area contributed by atoms with E-state index in [0.717, 1.165) is 18.7 Å². The monoisotopic (exact) mass is 285 g/mol. The average molecular weight is 285 g/mol. The van der Waals surface area contributed by atoms with Gasteiger partial charge in [-0.2, -0.15) is 4.98 Å². The van der Waals surface area contributed by atoms with Crippen molar-refractivity contribution in [2.24, 2.45) is 0 Å². The number of benzene rings is 1. The maximum absolute atomic E-state index is 5.82. The molecule has 0 fully saturated rings. The molecule has 0 aliphatic carbocycles. The van der Waals surface area contributed by atoms with E-state index in [4.69, 9.17) is 4.74 Å². The highest BCUT2D eigenvalue weighted by Gasteiger charge is 2.06. The Morgan fingerprint density at radius 2 is 2.05 bits per heavy atom. The van der Waals surface area contributed by atoms with Crippen LogP contribution in [0, 0.1) is 6.92 Å². The second kappa shape index (κ2) is 7.07. The molecule has 1 aromatic carbocycles. The first kappa shape index (κ1) is 15.3. The molecule has 112 valence electrons. The lowest BCUT2D eigenvalue weighted by molar-refractivity contribution is 0.461. The third-order valence-electron chi connectivity index (χ3n) is 3.25. The zero-order chi connectivity index (χ0) is 15.2. The molecular formula is C17H23N3O. The quantitative estimate of drug-likeness (QED) is 0.847. The van der Waals surface area contributed by atoms with Crippen LogP contribution < -0.4 is 10.1 Å². The second-order valence-electron chi connectivity index (χ2n) is 5.42. The van der Waals surface area contributed by atoms with Gasteiger partial charge in [-0.05, 0) is 42.5 Å². The SMILES string of the molecule is CCCNc1nccc(Oc2ccc(C(C)C)c(C)c2)n1. The lowest BCUT2D eigenvalue weighted by Gasteiger charge is -2.12. The summed E-state index contributed by atoms with van der Waals surface area (Å²) >= 11 is 0. The smallest absolute Gasteiger partial charge is 0.225 e. The van der Waals surface area contributed by atoms with Gasteiger partial charge in [0.1, 0.15) is 5.75 Å². The van der Waals surface area contributed by atoms with Crippen LogP contribution in [0.25, 0.3) is 0 Å². The van der Waals surface area contributed by atoms with E-state index in [2.05, 4.69) is 55.1 Å². The van der Waals surface area contributed by atoms with Gasteiger partial charge in [-0.1, -0.05) is 26.8 Å². The Labute approximate surface area is 126 Å². The van der Waals surface area contributed by atoms with E-state index in [0.29, 0.717) is 17.7 Å². The summed E-state index contributed by atoms with van der Waals surface area (Å²) < 4.78 is 5.82. The molecule has 4 nitrogen and oxygen atoms in total. The van der Waals surface area contributed by atoms with E-state index < -0.39 is 0 Å². The van der Waals surface area contributed by atoms with Gasteiger partial charge in [0.15, 0.2) is 0 Å². The van der Waals surface area contributed by atoms with Gasteiger partial charge in [0.2, 0.25) is 11.8 Å². The number of aromatic nitrogens is 2. The van der Waals surface area contributed by atoms with E-state index in [-0.39, 0.29) is 0 Å². The van der Waals surface area contributed by atoms with Gasteiger partial charge in [-0.25, -0.2) is 4.98 Å². The van der Waals surface area contributed by atoms with Crippen molar-refractivity contribution in [1.29, 1.82) is 0 Å². The first-order chi connectivity index (χ1) is 10.1. The molecule has 0 spiro atoms. The summed E-state index contributed by atoms with van der Waals surface area (Å²) in [4.78, 5) is 8.52. The molecule has 0 radical (unpaired) electrons. The standard InChI is InChI=1S/C17H23N3O/c1-5-9-18-17-19-10-8-16(20-17)21-14-6-7-15(12(2)3)13(4)11-14/h6-8,10-12H,5,9H2,1-4H3,(H,18,19,20). The molecule has 0 bridgehead atoms. The molecule has 4 heteroatoms. The number of ether oxygens (including phenoxy) is 1. The fourth-order valence-electron chi connectivity index (χ4n) is 2.20. The first-order valence-electron chi connectivity index (χ1n) is 7.45. The van der Waals surface area contributed by atoms with Crippen LogP contribution in [0.15, 0.2) is 30.5 Å². The maximum atomic E-state index is 5.82. The van der Waals surface area contributed by atoms with E-state index in [9.17, 15) is 0 Å². The van der Waals surface area contributed by atoms with Crippen LogP contribution in [-0.4, -0.2) is 16.5 Å². The number of nitrogens with zero attached hydrogens (tertiary/aromatic N) is 2. The molecule has 2 aromatic rings.